The second-order valence-corrected chi connectivity index (χ2v) is 5.40. The van der Waals surface area contributed by atoms with Crippen LogP contribution in [0.2, 0.25) is 0 Å². The van der Waals surface area contributed by atoms with Crippen molar-refractivity contribution in [2.75, 3.05) is 43.6 Å². The van der Waals surface area contributed by atoms with Crippen molar-refractivity contribution in [1.29, 1.82) is 0 Å². The third-order valence-electron chi connectivity index (χ3n) is 3.46. The third-order valence-corrected chi connectivity index (χ3v) is 3.46. The fourth-order valence-corrected chi connectivity index (χ4v) is 2.27. The number of carbonyl (C=O) groups excluding carboxylic acids is 1. The van der Waals surface area contributed by atoms with Crippen LogP contribution in [0.3, 0.4) is 0 Å². The summed E-state index contributed by atoms with van der Waals surface area (Å²) in [5.41, 5.74) is 1.51. The number of carbonyl (C=O) groups is 1. The predicted molar refractivity (Wildman–Crippen MR) is 103 cm³/mol. The van der Waals surface area contributed by atoms with Gasteiger partial charge in [-0.05, 0) is 50.2 Å². The second-order valence-electron chi connectivity index (χ2n) is 5.40. The first kappa shape index (κ1) is 19.6. The van der Waals surface area contributed by atoms with Gasteiger partial charge >= 0.3 is 0 Å². The first-order valence-corrected chi connectivity index (χ1v) is 8.79. The molecule has 0 fully saturated rings. The van der Waals surface area contributed by atoms with Crippen molar-refractivity contribution in [3.05, 3.63) is 48.5 Å². The molecule has 2 aromatic carbocycles. The number of nitrogens with one attached hydrogen (secondary N) is 2. The fraction of sp³-hybridized carbons (Fsp3) is 0.350. The van der Waals surface area contributed by atoms with Gasteiger partial charge in [0.2, 0.25) is 5.91 Å². The van der Waals surface area contributed by atoms with Gasteiger partial charge in [-0.2, -0.15) is 0 Å². The number of hydrogen-bond donors (Lipinski definition) is 2. The maximum Gasteiger partial charge on any atom is 0.243 e. The lowest BCUT2D eigenvalue weighted by Crippen LogP contribution is -2.22. The zero-order chi connectivity index (χ0) is 18.6. The Morgan fingerprint density at radius 3 is 2.42 bits per heavy atom. The van der Waals surface area contributed by atoms with Crippen molar-refractivity contribution in [2.24, 2.45) is 0 Å². The molecule has 6 heteroatoms. The Morgan fingerprint density at radius 2 is 1.69 bits per heavy atom. The van der Waals surface area contributed by atoms with Crippen LogP contribution in [0.4, 0.5) is 11.4 Å². The quantitative estimate of drug-likeness (QED) is 0.601. The highest BCUT2D eigenvalue weighted by atomic mass is 16.5. The first-order valence-electron chi connectivity index (χ1n) is 8.79. The van der Waals surface area contributed by atoms with Crippen LogP contribution in [0.1, 0.15) is 13.8 Å². The van der Waals surface area contributed by atoms with Crippen molar-refractivity contribution in [3.63, 3.8) is 0 Å². The normalized spacial score (nSPS) is 10.2. The molecule has 0 saturated heterocycles. The summed E-state index contributed by atoms with van der Waals surface area (Å²) in [4.78, 5) is 12.1. The van der Waals surface area contributed by atoms with Crippen LogP contribution >= 0.6 is 0 Å². The van der Waals surface area contributed by atoms with Gasteiger partial charge in [0.25, 0.3) is 0 Å². The number of anilines is 2. The van der Waals surface area contributed by atoms with Crippen molar-refractivity contribution in [2.45, 2.75) is 13.8 Å². The van der Waals surface area contributed by atoms with E-state index in [0.29, 0.717) is 32.1 Å². The molecule has 0 spiro atoms. The SMILES string of the molecule is CCOCCOc1ccc(NC(=O)CNc2ccccc2OCC)cc1. The molecule has 6 nitrogen and oxygen atoms in total. The van der Waals surface area contributed by atoms with Gasteiger partial charge in [-0.1, -0.05) is 12.1 Å². The Hall–Kier alpha value is -2.73. The van der Waals surface area contributed by atoms with Crippen LogP contribution in [0.25, 0.3) is 0 Å². The molecule has 140 valence electrons. The summed E-state index contributed by atoms with van der Waals surface area (Å²) in [6.07, 6.45) is 0. The Morgan fingerprint density at radius 1 is 0.923 bits per heavy atom. The van der Waals surface area contributed by atoms with Gasteiger partial charge in [-0.25, -0.2) is 0 Å². The number of benzene rings is 2. The molecule has 0 aliphatic heterocycles. The highest BCUT2D eigenvalue weighted by Gasteiger charge is 2.06. The topological polar surface area (TPSA) is 68.8 Å². The monoisotopic (exact) mass is 358 g/mol. The van der Waals surface area contributed by atoms with E-state index in [1.54, 1.807) is 0 Å². The molecule has 0 bridgehead atoms. The van der Waals surface area contributed by atoms with E-state index in [1.807, 2.05) is 62.4 Å². The molecule has 0 saturated carbocycles. The van der Waals surface area contributed by atoms with E-state index in [2.05, 4.69) is 10.6 Å². The third kappa shape index (κ3) is 6.64. The summed E-state index contributed by atoms with van der Waals surface area (Å²) in [5, 5.41) is 5.94. The van der Waals surface area contributed by atoms with E-state index in [0.717, 1.165) is 17.2 Å². The van der Waals surface area contributed by atoms with Gasteiger partial charge < -0.3 is 24.8 Å². The molecule has 0 aliphatic rings. The lowest BCUT2D eigenvalue weighted by Gasteiger charge is -2.12. The number of para-hydroxylation sites is 2. The average Bonchev–Trinajstić information content (AvgIpc) is 2.66. The van der Waals surface area contributed by atoms with Crippen molar-refractivity contribution in [1.82, 2.24) is 0 Å². The van der Waals surface area contributed by atoms with E-state index in [-0.39, 0.29) is 12.5 Å². The van der Waals surface area contributed by atoms with Crippen LogP contribution in [0.5, 0.6) is 11.5 Å². The van der Waals surface area contributed by atoms with Crippen LogP contribution in [-0.4, -0.2) is 38.9 Å². The zero-order valence-corrected chi connectivity index (χ0v) is 15.3. The Labute approximate surface area is 154 Å². The lowest BCUT2D eigenvalue weighted by molar-refractivity contribution is -0.114. The molecule has 2 aromatic rings. The summed E-state index contributed by atoms with van der Waals surface area (Å²) in [6.45, 7) is 6.33. The minimum atomic E-state index is -0.138. The molecule has 26 heavy (non-hydrogen) atoms. The van der Waals surface area contributed by atoms with Crippen molar-refractivity contribution >= 4 is 17.3 Å². The van der Waals surface area contributed by atoms with E-state index in [4.69, 9.17) is 14.2 Å². The molecule has 0 heterocycles. The molecule has 0 aliphatic carbocycles. The summed E-state index contributed by atoms with van der Waals surface area (Å²) < 4.78 is 16.3. The second kappa shape index (κ2) is 11.0. The number of ether oxygens (including phenoxy) is 3. The number of rotatable bonds is 11. The molecule has 0 atom stereocenters. The van der Waals surface area contributed by atoms with Gasteiger partial charge in [0, 0.05) is 12.3 Å². The standard InChI is InChI=1S/C20H26N2O4/c1-3-24-13-14-26-17-11-9-16(10-12-17)22-20(23)15-21-18-7-5-6-8-19(18)25-4-2/h5-12,21H,3-4,13-15H2,1-2H3,(H,22,23). The van der Waals surface area contributed by atoms with Crippen molar-refractivity contribution < 1.29 is 19.0 Å². The molecule has 2 rings (SSSR count). The molecule has 1 amide bonds. The predicted octanol–water partition coefficient (Wildman–Crippen LogP) is 3.55. The van der Waals surface area contributed by atoms with Crippen LogP contribution in [0.15, 0.2) is 48.5 Å². The summed E-state index contributed by atoms with van der Waals surface area (Å²) in [7, 11) is 0. The number of hydrogen-bond acceptors (Lipinski definition) is 5. The largest absolute Gasteiger partial charge is 0.492 e. The molecule has 2 N–H and O–H groups in total. The molecular formula is C20H26N2O4. The Bertz CT molecular complexity index is 674. The zero-order valence-electron chi connectivity index (χ0n) is 15.3. The van der Waals surface area contributed by atoms with Gasteiger partial charge in [0.05, 0.1) is 25.4 Å². The Balaban J connectivity index is 1.79. The number of amides is 1. The molecule has 0 unspecified atom stereocenters. The highest BCUT2D eigenvalue weighted by molar-refractivity contribution is 5.94. The maximum atomic E-state index is 12.1. The van der Waals surface area contributed by atoms with Gasteiger partial charge in [0.1, 0.15) is 18.1 Å². The molecular weight excluding hydrogens is 332 g/mol. The first-order chi connectivity index (χ1) is 12.7. The average molecular weight is 358 g/mol. The summed E-state index contributed by atoms with van der Waals surface area (Å²) in [5.74, 6) is 1.34. The summed E-state index contributed by atoms with van der Waals surface area (Å²) in [6, 6.07) is 14.8. The van der Waals surface area contributed by atoms with E-state index in [1.165, 1.54) is 0 Å². The Kier molecular flexibility index (Phi) is 8.29. The van der Waals surface area contributed by atoms with Gasteiger partial charge in [0.15, 0.2) is 0 Å². The smallest absolute Gasteiger partial charge is 0.243 e. The van der Waals surface area contributed by atoms with Gasteiger partial charge in [-0.15, -0.1) is 0 Å². The van der Waals surface area contributed by atoms with Crippen molar-refractivity contribution in [3.8, 4) is 11.5 Å². The maximum absolute atomic E-state index is 12.1. The van der Waals surface area contributed by atoms with E-state index >= 15 is 0 Å². The van der Waals surface area contributed by atoms with Gasteiger partial charge in [-0.3, -0.25) is 4.79 Å². The minimum absolute atomic E-state index is 0.138. The van der Waals surface area contributed by atoms with E-state index in [9.17, 15) is 4.79 Å². The summed E-state index contributed by atoms with van der Waals surface area (Å²) >= 11 is 0. The van der Waals surface area contributed by atoms with Crippen LogP contribution < -0.4 is 20.1 Å². The van der Waals surface area contributed by atoms with Crippen LogP contribution in [-0.2, 0) is 9.53 Å². The molecule has 0 aromatic heterocycles. The molecule has 0 radical (unpaired) electrons. The highest BCUT2D eigenvalue weighted by Crippen LogP contribution is 2.23. The van der Waals surface area contributed by atoms with Crippen LogP contribution in [0, 0.1) is 0 Å². The van der Waals surface area contributed by atoms with E-state index < -0.39 is 0 Å². The lowest BCUT2D eigenvalue weighted by atomic mass is 10.3. The fourth-order valence-electron chi connectivity index (χ4n) is 2.27. The minimum Gasteiger partial charge on any atom is -0.492 e.